The number of aliphatic hydroxyl groups is 2. The standard InChI is InChI=1S/C22H27NO5/c1-21(23)17(10-11-24)16-12-15(26)7-8-19(16)28-22(21,13-25)20-9-6-14-4-2-3-5-18(14)27-20/h2-5,7-8,12,17,20,24-26H,6,9-11,13,23H2,1H3. The monoisotopic (exact) mass is 385 g/mol. The Hall–Kier alpha value is -2.28. The zero-order valence-electron chi connectivity index (χ0n) is 16.0. The van der Waals surface area contributed by atoms with Gasteiger partial charge >= 0.3 is 0 Å². The van der Waals surface area contributed by atoms with Crippen LogP contribution in [0.1, 0.15) is 36.8 Å². The van der Waals surface area contributed by atoms with E-state index in [4.69, 9.17) is 15.2 Å². The molecule has 0 bridgehead atoms. The summed E-state index contributed by atoms with van der Waals surface area (Å²) in [5, 5.41) is 30.2. The van der Waals surface area contributed by atoms with Crippen molar-refractivity contribution < 1.29 is 24.8 Å². The molecule has 150 valence electrons. The van der Waals surface area contributed by atoms with Crippen LogP contribution in [0.3, 0.4) is 0 Å². The van der Waals surface area contributed by atoms with Crippen LogP contribution in [-0.2, 0) is 6.42 Å². The zero-order chi connectivity index (χ0) is 19.9. The highest BCUT2D eigenvalue weighted by atomic mass is 16.6. The van der Waals surface area contributed by atoms with Gasteiger partial charge < -0.3 is 30.5 Å². The second kappa shape index (κ2) is 6.95. The normalized spacial score (nSPS) is 31.3. The van der Waals surface area contributed by atoms with Crippen LogP contribution in [0.2, 0.25) is 0 Å². The summed E-state index contributed by atoms with van der Waals surface area (Å²) in [6.07, 6.45) is 1.39. The molecule has 0 spiro atoms. The lowest BCUT2D eigenvalue weighted by Gasteiger charge is -2.56. The van der Waals surface area contributed by atoms with Crippen molar-refractivity contribution in [3.05, 3.63) is 53.6 Å². The highest BCUT2D eigenvalue weighted by Crippen LogP contribution is 2.51. The Morgan fingerprint density at radius 1 is 1.14 bits per heavy atom. The Balaban J connectivity index is 1.81. The lowest BCUT2D eigenvalue weighted by Crippen LogP contribution is -2.75. The molecule has 0 fully saturated rings. The van der Waals surface area contributed by atoms with E-state index in [1.54, 1.807) is 18.2 Å². The molecule has 5 N–H and O–H groups in total. The van der Waals surface area contributed by atoms with E-state index >= 15 is 0 Å². The molecule has 4 unspecified atom stereocenters. The largest absolute Gasteiger partial charge is 0.508 e. The van der Waals surface area contributed by atoms with E-state index in [1.165, 1.54) is 0 Å². The number of para-hydroxylation sites is 1. The van der Waals surface area contributed by atoms with E-state index in [9.17, 15) is 15.3 Å². The maximum Gasteiger partial charge on any atom is 0.186 e. The Kier molecular flexibility index (Phi) is 4.73. The predicted molar refractivity (Wildman–Crippen MR) is 105 cm³/mol. The molecule has 0 saturated heterocycles. The van der Waals surface area contributed by atoms with Gasteiger partial charge in [-0.25, -0.2) is 0 Å². The van der Waals surface area contributed by atoms with Gasteiger partial charge in [0.2, 0.25) is 0 Å². The van der Waals surface area contributed by atoms with Gasteiger partial charge in [0.1, 0.15) is 23.4 Å². The second-order valence-electron chi connectivity index (χ2n) is 7.97. The summed E-state index contributed by atoms with van der Waals surface area (Å²) < 4.78 is 12.7. The van der Waals surface area contributed by atoms with Crippen LogP contribution in [0.4, 0.5) is 0 Å². The van der Waals surface area contributed by atoms with Gasteiger partial charge in [-0.15, -0.1) is 0 Å². The van der Waals surface area contributed by atoms with Gasteiger partial charge in [0.15, 0.2) is 5.60 Å². The third-order valence-electron chi connectivity index (χ3n) is 6.39. The number of phenols is 1. The third kappa shape index (κ3) is 2.75. The Morgan fingerprint density at radius 3 is 2.68 bits per heavy atom. The van der Waals surface area contributed by atoms with Crippen molar-refractivity contribution in [1.82, 2.24) is 0 Å². The zero-order valence-corrected chi connectivity index (χ0v) is 16.0. The van der Waals surface area contributed by atoms with Gasteiger partial charge in [-0.2, -0.15) is 0 Å². The number of fused-ring (bicyclic) bond motifs is 2. The highest BCUT2D eigenvalue weighted by molar-refractivity contribution is 5.48. The number of aliphatic hydroxyl groups excluding tert-OH is 2. The van der Waals surface area contributed by atoms with Crippen LogP contribution in [-0.4, -0.2) is 45.8 Å². The number of aromatic hydroxyl groups is 1. The van der Waals surface area contributed by atoms with Gasteiger partial charge in [-0.05, 0) is 56.0 Å². The Morgan fingerprint density at radius 2 is 1.93 bits per heavy atom. The maximum atomic E-state index is 10.5. The third-order valence-corrected chi connectivity index (χ3v) is 6.39. The van der Waals surface area contributed by atoms with Crippen molar-refractivity contribution >= 4 is 0 Å². The minimum Gasteiger partial charge on any atom is -0.508 e. The molecule has 2 aromatic rings. The van der Waals surface area contributed by atoms with E-state index in [2.05, 4.69) is 0 Å². The molecular weight excluding hydrogens is 358 g/mol. The molecule has 4 rings (SSSR count). The maximum absolute atomic E-state index is 10.5. The molecule has 0 aromatic heterocycles. The molecule has 4 atom stereocenters. The van der Waals surface area contributed by atoms with E-state index in [1.807, 2.05) is 31.2 Å². The van der Waals surface area contributed by atoms with E-state index < -0.39 is 17.2 Å². The average molecular weight is 385 g/mol. The van der Waals surface area contributed by atoms with Crippen molar-refractivity contribution in [1.29, 1.82) is 0 Å². The van der Waals surface area contributed by atoms with Crippen LogP contribution in [0.5, 0.6) is 17.2 Å². The number of phenolic OH excluding ortho intramolecular Hbond substituents is 1. The van der Waals surface area contributed by atoms with Crippen molar-refractivity contribution in [2.75, 3.05) is 13.2 Å². The molecule has 28 heavy (non-hydrogen) atoms. The molecule has 0 saturated carbocycles. The van der Waals surface area contributed by atoms with Gasteiger partial charge in [-0.3, -0.25) is 0 Å². The first kappa shape index (κ1) is 19.1. The number of rotatable bonds is 4. The minimum atomic E-state index is -1.19. The van der Waals surface area contributed by atoms with Crippen molar-refractivity contribution in [3.63, 3.8) is 0 Å². The molecule has 2 heterocycles. The first-order valence-corrected chi connectivity index (χ1v) is 9.70. The average Bonchev–Trinajstić information content (AvgIpc) is 2.70. The highest BCUT2D eigenvalue weighted by Gasteiger charge is 2.61. The summed E-state index contributed by atoms with van der Waals surface area (Å²) in [5.74, 6) is 1.12. The van der Waals surface area contributed by atoms with E-state index in [0.717, 1.165) is 23.3 Å². The fourth-order valence-electron chi connectivity index (χ4n) is 4.78. The smallest absolute Gasteiger partial charge is 0.186 e. The SMILES string of the molecule is CC1(N)C(CCO)c2cc(O)ccc2OC1(CO)C1CCc2ccccc2O1. The number of hydrogen-bond acceptors (Lipinski definition) is 6. The first-order valence-electron chi connectivity index (χ1n) is 9.70. The first-order chi connectivity index (χ1) is 13.4. The quantitative estimate of drug-likeness (QED) is 0.642. The lowest BCUT2D eigenvalue weighted by atomic mass is 9.64. The fourth-order valence-corrected chi connectivity index (χ4v) is 4.78. The summed E-state index contributed by atoms with van der Waals surface area (Å²) in [5.41, 5.74) is 6.49. The molecule has 2 aliphatic rings. The predicted octanol–water partition coefficient (Wildman–Crippen LogP) is 2.09. The van der Waals surface area contributed by atoms with E-state index in [-0.39, 0.29) is 24.9 Å². The number of nitrogens with two attached hydrogens (primary N) is 1. The van der Waals surface area contributed by atoms with Gasteiger partial charge in [-0.1, -0.05) is 18.2 Å². The topological polar surface area (TPSA) is 105 Å². The van der Waals surface area contributed by atoms with Crippen molar-refractivity contribution in [2.24, 2.45) is 5.73 Å². The molecule has 0 radical (unpaired) electrons. The van der Waals surface area contributed by atoms with Crippen molar-refractivity contribution in [2.45, 2.75) is 49.3 Å². The molecule has 0 amide bonds. The molecule has 6 heteroatoms. The Bertz CT molecular complexity index is 868. The summed E-state index contributed by atoms with van der Waals surface area (Å²) in [6, 6.07) is 12.7. The molecule has 6 nitrogen and oxygen atoms in total. The summed E-state index contributed by atoms with van der Waals surface area (Å²) in [6.45, 7) is 1.44. The lowest BCUT2D eigenvalue weighted by molar-refractivity contribution is -0.141. The van der Waals surface area contributed by atoms with Crippen LogP contribution in [0.15, 0.2) is 42.5 Å². The number of aryl methyl sites for hydroxylation is 1. The Labute approximate surface area is 164 Å². The summed E-state index contributed by atoms with van der Waals surface area (Å²) >= 11 is 0. The fraction of sp³-hybridized carbons (Fsp3) is 0.455. The van der Waals surface area contributed by atoms with E-state index in [0.29, 0.717) is 18.6 Å². The molecular formula is C22H27NO5. The van der Waals surface area contributed by atoms with Crippen molar-refractivity contribution in [3.8, 4) is 17.2 Å². The summed E-state index contributed by atoms with van der Waals surface area (Å²) in [4.78, 5) is 0. The van der Waals surface area contributed by atoms with Crippen LogP contribution in [0.25, 0.3) is 0 Å². The number of hydrogen-bond donors (Lipinski definition) is 4. The number of benzene rings is 2. The molecule has 2 aromatic carbocycles. The molecule has 2 aliphatic heterocycles. The molecule has 0 aliphatic carbocycles. The minimum absolute atomic E-state index is 0.0670. The van der Waals surface area contributed by atoms with Crippen LogP contribution in [0, 0.1) is 0 Å². The van der Waals surface area contributed by atoms with Gasteiger partial charge in [0.25, 0.3) is 0 Å². The second-order valence-corrected chi connectivity index (χ2v) is 7.97. The summed E-state index contributed by atoms with van der Waals surface area (Å²) in [7, 11) is 0. The number of ether oxygens (including phenoxy) is 2. The van der Waals surface area contributed by atoms with Gasteiger partial charge in [0.05, 0.1) is 12.1 Å². The van der Waals surface area contributed by atoms with Gasteiger partial charge in [0, 0.05) is 18.1 Å². The van der Waals surface area contributed by atoms with Crippen LogP contribution < -0.4 is 15.2 Å². The van der Waals surface area contributed by atoms with Crippen LogP contribution >= 0.6 is 0 Å².